The zero-order valence-corrected chi connectivity index (χ0v) is 16.6. The van der Waals surface area contributed by atoms with Gasteiger partial charge in [0.15, 0.2) is 0 Å². The Bertz CT molecular complexity index is 918. The number of carbonyl (C=O) groups excluding carboxylic acids is 1. The monoisotopic (exact) mass is 457 g/mol. The molecule has 1 aliphatic rings. The molecule has 2 aromatic carbocycles. The van der Waals surface area contributed by atoms with Crippen LogP contribution in [0.1, 0.15) is 15.9 Å². The average molecular weight is 457 g/mol. The van der Waals surface area contributed by atoms with Gasteiger partial charge in [0.1, 0.15) is 0 Å². The maximum Gasteiger partial charge on any atom is 0.255 e. The summed E-state index contributed by atoms with van der Waals surface area (Å²) in [6.07, 6.45) is 1.70. The quantitative estimate of drug-likeness (QED) is 0.562. The molecular formula is C21H20IN3O. The molecule has 0 bridgehead atoms. The van der Waals surface area contributed by atoms with E-state index in [1.54, 1.807) is 6.20 Å². The third kappa shape index (κ3) is 3.88. The van der Waals surface area contributed by atoms with Crippen LogP contribution in [0.3, 0.4) is 0 Å². The highest BCUT2D eigenvalue weighted by molar-refractivity contribution is 14.1. The van der Waals surface area contributed by atoms with Crippen molar-refractivity contribution in [1.29, 1.82) is 0 Å². The van der Waals surface area contributed by atoms with Crippen LogP contribution in [-0.2, 0) is 6.54 Å². The molecule has 1 fully saturated rings. The fourth-order valence-electron chi connectivity index (χ4n) is 3.33. The molecule has 0 aliphatic carbocycles. The molecule has 2 heterocycles. The molecule has 0 N–H and O–H groups in total. The second-order valence-corrected chi connectivity index (χ2v) is 7.86. The highest BCUT2D eigenvalue weighted by Gasteiger charge is 2.22. The third-order valence-electron chi connectivity index (χ3n) is 4.82. The fraction of sp³-hybridized carbons (Fsp3) is 0.238. The largest absolute Gasteiger partial charge is 0.336 e. The Morgan fingerprint density at radius 1 is 1.00 bits per heavy atom. The highest BCUT2D eigenvalue weighted by atomic mass is 127. The van der Waals surface area contributed by atoms with E-state index in [9.17, 15) is 4.79 Å². The summed E-state index contributed by atoms with van der Waals surface area (Å²) in [7, 11) is 0. The Morgan fingerprint density at radius 2 is 1.73 bits per heavy atom. The maximum absolute atomic E-state index is 12.8. The smallest absolute Gasteiger partial charge is 0.255 e. The van der Waals surface area contributed by atoms with Gasteiger partial charge in [-0.25, -0.2) is 0 Å². The number of benzene rings is 2. The van der Waals surface area contributed by atoms with Crippen molar-refractivity contribution in [2.45, 2.75) is 6.54 Å². The van der Waals surface area contributed by atoms with Gasteiger partial charge in [-0.3, -0.25) is 14.7 Å². The van der Waals surface area contributed by atoms with E-state index in [2.05, 4.69) is 56.7 Å². The van der Waals surface area contributed by atoms with Gasteiger partial charge in [0.2, 0.25) is 0 Å². The van der Waals surface area contributed by atoms with Crippen LogP contribution in [0.4, 0.5) is 0 Å². The highest BCUT2D eigenvalue weighted by Crippen LogP contribution is 2.16. The van der Waals surface area contributed by atoms with Crippen LogP contribution in [-0.4, -0.2) is 46.9 Å². The molecule has 132 valence electrons. The lowest BCUT2D eigenvalue weighted by atomic mass is 10.1. The number of aromatic nitrogens is 1. The van der Waals surface area contributed by atoms with Gasteiger partial charge in [-0.2, -0.15) is 0 Å². The number of piperazine rings is 1. The van der Waals surface area contributed by atoms with Gasteiger partial charge in [0, 0.05) is 47.9 Å². The van der Waals surface area contributed by atoms with Crippen LogP contribution < -0.4 is 0 Å². The average Bonchev–Trinajstić information content (AvgIpc) is 2.69. The number of fused-ring (bicyclic) bond motifs is 1. The molecular weight excluding hydrogens is 437 g/mol. The number of pyridine rings is 1. The fourth-order valence-corrected chi connectivity index (χ4v) is 3.69. The van der Waals surface area contributed by atoms with E-state index < -0.39 is 0 Å². The van der Waals surface area contributed by atoms with E-state index in [4.69, 9.17) is 0 Å². The molecule has 3 aromatic rings. The number of para-hydroxylation sites is 1. The summed E-state index contributed by atoms with van der Waals surface area (Å²) in [5.74, 6) is 0.0807. The van der Waals surface area contributed by atoms with Crippen LogP contribution in [0.5, 0.6) is 0 Å². The van der Waals surface area contributed by atoms with E-state index in [1.165, 1.54) is 9.13 Å². The van der Waals surface area contributed by atoms with Crippen molar-refractivity contribution in [3.8, 4) is 0 Å². The number of hydrogen-bond acceptors (Lipinski definition) is 3. The summed E-state index contributed by atoms with van der Waals surface area (Å²) in [5.41, 5.74) is 2.92. The molecule has 26 heavy (non-hydrogen) atoms. The molecule has 4 nitrogen and oxygen atoms in total. The molecule has 1 aromatic heterocycles. The second-order valence-electron chi connectivity index (χ2n) is 6.61. The molecule has 0 unspecified atom stereocenters. The summed E-state index contributed by atoms with van der Waals surface area (Å²) in [6.45, 7) is 4.26. The Morgan fingerprint density at radius 3 is 2.50 bits per heavy atom. The molecule has 1 saturated heterocycles. The summed E-state index contributed by atoms with van der Waals surface area (Å²) in [6, 6.07) is 18.5. The predicted octanol–water partition coefficient (Wildman–Crippen LogP) is 3.80. The van der Waals surface area contributed by atoms with E-state index in [0.717, 1.165) is 43.6 Å². The molecule has 0 atom stereocenters. The van der Waals surface area contributed by atoms with Crippen LogP contribution in [0.2, 0.25) is 0 Å². The SMILES string of the molecule is O=C(c1cnc2ccccc2c1)N1CCN(Cc2ccc(I)cc2)CC1. The number of hydrogen-bond donors (Lipinski definition) is 0. The van der Waals surface area contributed by atoms with Gasteiger partial charge in [0.25, 0.3) is 5.91 Å². The first-order valence-corrected chi connectivity index (χ1v) is 9.88. The van der Waals surface area contributed by atoms with Crippen molar-refractivity contribution in [2.75, 3.05) is 26.2 Å². The van der Waals surface area contributed by atoms with E-state index in [-0.39, 0.29) is 5.91 Å². The van der Waals surface area contributed by atoms with E-state index in [0.29, 0.717) is 5.56 Å². The summed E-state index contributed by atoms with van der Waals surface area (Å²) >= 11 is 2.32. The number of carbonyl (C=O) groups is 1. The van der Waals surface area contributed by atoms with E-state index >= 15 is 0 Å². The predicted molar refractivity (Wildman–Crippen MR) is 112 cm³/mol. The Balaban J connectivity index is 1.38. The third-order valence-corrected chi connectivity index (χ3v) is 5.54. The van der Waals surface area contributed by atoms with Gasteiger partial charge in [0.05, 0.1) is 11.1 Å². The second kappa shape index (κ2) is 7.72. The summed E-state index contributed by atoms with van der Waals surface area (Å²) in [5, 5.41) is 1.01. The lowest BCUT2D eigenvalue weighted by molar-refractivity contribution is 0.0628. The number of amides is 1. The van der Waals surface area contributed by atoms with Gasteiger partial charge in [-0.05, 0) is 52.4 Å². The lowest BCUT2D eigenvalue weighted by Gasteiger charge is -2.34. The molecule has 5 heteroatoms. The summed E-state index contributed by atoms with van der Waals surface area (Å²) < 4.78 is 1.26. The topological polar surface area (TPSA) is 36.4 Å². The van der Waals surface area contributed by atoms with Crippen molar-refractivity contribution >= 4 is 39.4 Å². The van der Waals surface area contributed by atoms with Crippen molar-refractivity contribution in [1.82, 2.24) is 14.8 Å². The van der Waals surface area contributed by atoms with Gasteiger partial charge >= 0.3 is 0 Å². The number of rotatable bonds is 3. The molecule has 1 aliphatic heterocycles. The minimum Gasteiger partial charge on any atom is -0.336 e. The maximum atomic E-state index is 12.8. The Labute approximate surface area is 167 Å². The summed E-state index contributed by atoms with van der Waals surface area (Å²) in [4.78, 5) is 21.6. The lowest BCUT2D eigenvalue weighted by Crippen LogP contribution is -2.48. The molecule has 1 amide bonds. The number of halogens is 1. The van der Waals surface area contributed by atoms with Crippen LogP contribution >= 0.6 is 22.6 Å². The van der Waals surface area contributed by atoms with Gasteiger partial charge < -0.3 is 4.90 Å². The van der Waals surface area contributed by atoms with Crippen LogP contribution in [0.25, 0.3) is 10.9 Å². The Kier molecular flexibility index (Phi) is 5.17. The zero-order chi connectivity index (χ0) is 17.9. The standard InChI is InChI=1S/C21H20IN3O/c22-19-7-5-16(6-8-19)15-24-9-11-25(12-10-24)21(26)18-13-17-3-1-2-4-20(17)23-14-18/h1-8,13-14H,9-12,15H2. The normalized spacial score (nSPS) is 15.3. The van der Waals surface area contributed by atoms with Crippen LogP contribution in [0, 0.1) is 3.57 Å². The molecule has 4 rings (SSSR count). The van der Waals surface area contributed by atoms with Gasteiger partial charge in [-0.15, -0.1) is 0 Å². The first-order chi connectivity index (χ1) is 12.7. The minimum atomic E-state index is 0.0807. The van der Waals surface area contributed by atoms with Crippen molar-refractivity contribution < 1.29 is 4.79 Å². The van der Waals surface area contributed by atoms with Crippen LogP contribution in [0.15, 0.2) is 60.8 Å². The number of nitrogens with zero attached hydrogens (tertiary/aromatic N) is 3. The van der Waals surface area contributed by atoms with E-state index in [1.807, 2.05) is 35.2 Å². The minimum absolute atomic E-state index is 0.0807. The van der Waals surface area contributed by atoms with Crippen molar-refractivity contribution in [3.63, 3.8) is 0 Å². The van der Waals surface area contributed by atoms with Gasteiger partial charge in [-0.1, -0.05) is 30.3 Å². The first-order valence-electron chi connectivity index (χ1n) is 8.80. The molecule has 0 radical (unpaired) electrons. The van der Waals surface area contributed by atoms with Crippen molar-refractivity contribution in [2.24, 2.45) is 0 Å². The molecule has 0 spiro atoms. The molecule has 0 saturated carbocycles. The Hall–Kier alpha value is -1.99. The zero-order valence-electron chi connectivity index (χ0n) is 14.4. The van der Waals surface area contributed by atoms with Crippen molar-refractivity contribution in [3.05, 3.63) is 75.5 Å². The first kappa shape index (κ1) is 17.4.